The second-order valence-corrected chi connectivity index (χ2v) is 9.38. The predicted molar refractivity (Wildman–Crippen MR) is 130 cm³/mol. The molecule has 1 heterocycles. The molecular weight excluding hydrogens is 587 g/mol. The van der Waals surface area contributed by atoms with Crippen molar-refractivity contribution in [2.45, 2.75) is 24.3 Å². The monoisotopic (exact) mass is 602 g/mol. The normalized spacial score (nSPS) is 13.5. The largest absolute Gasteiger partial charge is 0.419 e. The molecule has 41 heavy (non-hydrogen) atoms. The number of pyridine rings is 1. The summed E-state index contributed by atoms with van der Waals surface area (Å²) in [5.74, 6) is -4.95. The second kappa shape index (κ2) is 11.1. The van der Waals surface area contributed by atoms with Crippen molar-refractivity contribution in [2.24, 2.45) is 0 Å². The molecule has 214 valence electrons. The number of benzene rings is 3. The van der Waals surface area contributed by atoms with E-state index in [1.165, 1.54) is 24.3 Å². The number of amides is 1. The molecule has 0 spiro atoms. The highest BCUT2D eigenvalue weighted by Crippen LogP contribution is 2.39. The minimum Gasteiger partial charge on any atom is -0.337 e. The third-order valence-electron chi connectivity index (χ3n) is 6.13. The summed E-state index contributed by atoms with van der Waals surface area (Å²) in [6.45, 7) is 0. The van der Waals surface area contributed by atoms with Crippen LogP contribution in [0.15, 0.2) is 79.0 Å². The first-order valence-corrected chi connectivity index (χ1v) is 11.9. The smallest absolute Gasteiger partial charge is 0.337 e. The van der Waals surface area contributed by atoms with Crippen molar-refractivity contribution in [1.82, 2.24) is 10.3 Å². The number of nitrogens with zero attached hydrogens (tertiary/aromatic N) is 1. The maximum absolute atomic E-state index is 14.7. The van der Waals surface area contributed by atoms with E-state index in [0.29, 0.717) is 18.2 Å². The number of carbonyl (C=O) groups is 1. The lowest BCUT2D eigenvalue weighted by Gasteiger charge is -2.36. The van der Waals surface area contributed by atoms with Gasteiger partial charge in [0.15, 0.2) is 0 Å². The first kappa shape index (κ1) is 29.9. The topological polar surface area (TPSA) is 42.0 Å². The molecule has 13 heteroatoms. The van der Waals surface area contributed by atoms with E-state index in [0.717, 1.165) is 24.4 Å². The molecular formula is C28H16ClF9N2O. The number of hydrogen-bond acceptors (Lipinski definition) is 2. The van der Waals surface area contributed by atoms with Crippen molar-refractivity contribution in [3.63, 3.8) is 0 Å². The van der Waals surface area contributed by atoms with Gasteiger partial charge in [-0.2, -0.15) is 26.3 Å². The van der Waals surface area contributed by atoms with Gasteiger partial charge in [0.25, 0.3) is 5.91 Å². The Kier molecular flexibility index (Phi) is 8.08. The molecule has 0 aliphatic carbocycles. The fraction of sp³-hybridized carbons (Fsp3) is 0.143. The molecule has 0 unspecified atom stereocenters. The van der Waals surface area contributed by atoms with E-state index in [1.807, 2.05) is 0 Å². The molecule has 1 amide bonds. The Morgan fingerprint density at radius 2 is 1.41 bits per heavy atom. The number of rotatable bonds is 6. The lowest BCUT2D eigenvalue weighted by Crippen LogP contribution is -2.49. The average Bonchev–Trinajstić information content (AvgIpc) is 2.88. The van der Waals surface area contributed by atoms with Crippen LogP contribution < -0.4 is 5.32 Å². The minimum atomic E-state index is -5.17. The van der Waals surface area contributed by atoms with Crippen LogP contribution in [0.1, 0.15) is 38.3 Å². The van der Waals surface area contributed by atoms with Gasteiger partial charge in [0, 0.05) is 18.2 Å². The van der Waals surface area contributed by atoms with Crippen molar-refractivity contribution >= 4 is 17.5 Å². The van der Waals surface area contributed by atoms with Crippen molar-refractivity contribution < 1.29 is 44.3 Å². The zero-order valence-electron chi connectivity index (χ0n) is 20.3. The highest BCUT2D eigenvalue weighted by Gasteiger charge is 2.42. The summed E-state index contributed by atoms with van der Waals surface area (Å²) in [6, 6.07) is 9.89. The summed E-state index contributed by atoms with van der Waals surface area (Å²) in [7, 11) is 0. The van der Waals surface area contributed by atoms with E-state index in [1.54, 1.807) is 0 Å². The summed E-state index contributed by atoms with van der Waals surface area (Å²) in [4.78, 5) is 17.6. The van der Waals surface area contributed by atoms with Crippen LogP contribution in [0.25, 0.3) is 0 Å². The molecule has 0 saturated carbocycles. The Hall–Kier alpha value is -4.06. The quantitative estimate of drug-likeness (QED) is 0.227. The fourth-order valence-corrected chi connectivity index (χ4v) is 4.32. The van der Waals surface area contributed by atoms with E-state index in [-0.39, 0.29) is 28.4 Å². The van der Waals surface area contributed by atoms with Crippen LogP contribution in [0.2, 0.25) is 5.02 Å². The third kappa shape index (κ3) is 6.64. The number of hydrogen-bond donors (Lipinski definition) is 1. The predicted octanol–water partition coefficient (Wildman–Crippen LogP) is 8.11. The van der Waals surface area contributed by atoms with Crippen LogP contribution in [-0.4, -0.2) is 10.9 Å². The Balaban J connectivity index is 1.98. The Labute approximate surface area is 231 Å². The van der Waals surface area contributed by atoms with E-state index in [2.05, 4.69) is 10.3 Å². The lowest BCUT2D eigenvalue weighted by atomic mass is 9.79. The summed E-state index contributed by atoms with van der Waals surface area (Å²) in [6.07, 6.45) is -9.59. The van der Waals surface area contributed by atoms with Gasteiger partial charge in [-0.3, -0.25) is 9.78 Å². The Morgan fingerprint density at radius 1 is 0.756 bits per heavy atom. The molecule has 0 bridgehead atoms. The van der Waals surface area contributed by atoms with Crippen LogP contribution in [0, 0.1) is 17.5 Å². The van der Waals surface area contributed by atoms with Gasteiger partial charge in [0.2, 0.25) is 0 Å². The number of alkyl halides is 6. The van der Waals surface area contributed by atoms with Gasteiger partial charge in [-0.05, 0) is 71.8 Å². The number of aromatic nitrogens is 1. The van der Waals surface area contributed by atoms with Crippen molar-refractivity contribution in [1.29, 1.82) is 0 Å². The van der Waals surface area contributed by atoms with E-state index < -0.39 is 69.9 Å². The van der Waals surface area contributed by atoms with Gasteiger partial charge >= 0.3 is 12.4 Å². The molecule has 0 aliphatic heterocycles. The zero-order valence-corrected chi connectivity index (χ0v) is 21.1. The number of nitrogens with one attached hydrogen (secondary N) is 1. The summed E-state index contributed by atoms with van der Waals surface area (Å²) >= 11 is 5.93. The van der Waals surface area contributed by atoms with Crippen LogP contribution in [-0.2, 0) is 24.3 Å². The van der Waals surface area contributed by atoms with Crippen LogP contribution >= 0.6 is 11.6 Å². The molecule has 0 radical (unpaired) electrons. The third-order valence-corrected chi connectivity index (χ3v) is 6.35. The molecule has 0 aliphatic rings. The number of halogens is 10. The van der Waals surface area contributed by atoms with Gasteiger partial charge in [0.1, 0.15) is 23.0 Å². The molecule has 4 aromatic rings. The van der Waals surface area contributed by atoms with Gasteiger partial charge < -0.3 is 5.32 Å². The van der Waals surface area contributed by atoms with Crippen molar-refractivity contribution in [3.05, 3.63) is 135 Å². The van der Waals surface area contributed by atoms with E-state index in [9.17, 15) is 44.3 Å². The molecule has 1 aromatic heterocycles. The highest BCUT2D eigenvalue weighted by atomic mass is 35.5. The van der Waals surface area contributed by atoms with Crippen molar-refractivity contribution in [2.75, 3.05) is 0 Å². The van der Waals surface area contributed by atoms with E-state index in [4.69, 9.17) is 11.6 Å². The van der Waals surface area contributed by atoms with Gasteiger partial charge in [-0.1, -0.05) is 23.7 Å². The zero-order chi connectivity index (χ0) is 30.2. The van der Waals surface area contributed by atoms with Gasteiger partial charge in [-0.15, -0.1) is 0 Å². The Morgan fingerprint density at radius 3 is 2.00 bits per heavy atom. The first-order chi connectivity index (χ1) is 19.1. The molecule has 3 nitrogen and oxygen atoms in total. The molecule has 4 rings (SSSR count). The van der Waals surface area contributed by atoms with E-state index >= 15 is 0 Å². The highest BCUT2D eigenvalue weighted by molar-refractivity contribution is 6.30. The Bertz CT molecular complexity index is 1570. The lowest BCUT2D eigenvalue weighted by molar-refractivity contribution is -0.140. The molecule has 0 saturated heterocycles. The fourth-order valence-electron chi connectivity index (χ4n) is 4.21. The number of carbonyl (C=O) groups excluding carboxylic acids is 1. The second-order valence-electron chi connectivity index (χ2n) is 8.94. The molecule has 1 N–H and O–H groups in total. The van der Waals surface area contributed by atoms with Crippen LogP contribution in [0.4, 0.5) is 39.5 Å². The first-order valence-electron chi connectivity index (χ1n) is 11.5. The molecule has 1 atom stereocenters. The average molecular weight is 603 g/mol. The van der Waals surface area contributed by atoms with Gasteiger partial charge in [0.05, 0.1) is 21.8 Å². The summed E-state index contributed by atoms with van der Waals surface area (Å²) in [5, 5.41) is 2.49. The van der Waals surface area contributed by atoms with Gasteiger partial charge in [-0.25, -0.2) is 13.2 Å². The maximum Gasteiger partial charge on any atom is 0.419 e. The van der Waals surface area contributed by atoms with Crippen LogP contribution in [0.5, 0.6) is 0 Å². The molecule has 0 fully saturated rings. The maximum atomic E-state index is 14.7. The van der Waals surface area contributed by atoms with Crippen LogP contribution in [0.3, 0.4) is 0 Å². The summed E-state index contributed by atoms with van der Waals surface area (Å²) in [5.41, 5.74) is -6.54. The van der Waals surface area contributed by atoms with Crippen molar-refractivity contribution in [3.8, 4) is 0 Å². The summed E-state index contributed by atoms with van der Waals surface area (Å²) < 4.78 is 123. The SMILES string of the molecule is O=C(N[C@@](Cc1ccc(F)cc1)(c1cc(F)cc(C(F)(F)F)c1)c1ccc(Cl)cn1)c1ccc(F)c(C(F)(F)F)c1. The minimum absolute atomic E-state index is 0.0827. The standard InChI is InChI=1S/C28H16ClF9N2O/c29-19-4-8-24(39-14-19)26(13-15-1-5-20(30)6-2-15,17-10-18(27(33,34)35)12-21(31)11-17)40-25(41)16-3-7-23(32)22(9-16)28(36,37)38/h1-12,14H,13H2,(H,40,41)/t26-/m0/s1. The molecule has 3 aromatic carbocycles.